The summed E-state index contributed by atoms with van der Waals surface area (Å²) in [6.45, 7) is 0. The van der Waals surface area contributed by atoms with Crippen LogP contribution in [0.25, 0.3) is 0 Å². The van der Waals surface area contributed by atoms with Gasteiger partial charge in [-0.3, -0.25) is 0 Å². The van der Waals surface area contributed by atoms with E-state index in [1.54, 1.807) is 0 Å². The Balaban J connectivity index is 2.36. The van der Waals surface area contributed by atoms with Crippen LogP contribution in [0, 0.1) is 0 Å². The molecular weight excluding hydrogens is 100 g/mol. The molecule has 0 aromatic rings. The molecule has 0 fully saturated rings. The highest BCUT2D eigenvalue weighted by molar-refractivity contribution is 5.22. The van der Waals surface area contributed by atoms with Crippen molar-refractivity contribution < 1.29 is 0 Å². The molecule has 3 aliphatic rings. The van der Waals surface area contributed by atoms with Gasteiger partial charge in [0.25, 0.3) is 0 Å². The Morgan fingerprint density at radius 1 is 1.00 bits per heavy atom. The summed E-state index contributed by atoms with van der Waals surface area (Å²) in [6, 6.07) is 0. The topological polar surface area (TPSA) is 24.1 Å². The maximum atomic E-state index is 3.16. The van der Waals surface area contributed by atoms with E-state index in [0.29, 0.717) is 0 Å². The number of allylic oxidation sites excluding steroid dienone is 2. The van der Waals surface area contributed by atoms with Crippen LogP contribution in [0.2, 0.25) is 0 Å². The van der Waals surface area contributed by atoms with Crippen LogP contribution in [0.4, 0.5) is 0 Å². The molecule has 0 spiro atoms. The maximum absolute atomic E-state index is 3.16. The van der Waals surface area contributed by atoms with Gasteiger partial charge >= 0.3 is 0 Å². The first kappa shape index (κ1) is 4.01. The fourth-order valence-corrected chi connectivity index (χ4v) is 1.00. The van der Waals surface area contributed by atoms with Crippen molar-refractivity contribution in [1.29, 1.82) is 0 Å². The highest BCUT2D eigenvalue weighted by atomic mass is 15.0. The highest BCUT2D eigenvalue weighted by Gasteiger charge is 2.10. The standard InChI is InChI=1S/C6H8N2/c1-2-6-4-7-5(1)3-8-6/h3-4,7-8H,1-2H2. The number of hydrogen-bond donors (Lipinski definition) is 2. The molecule has 0 aliphatic carbocycles. The smallest absolute Gasteiger partial charge is 0.0313 e. The molecule has 2 nitrogen and oxygen atoms in total. The summed E-state index contributed by atoms with van der Waals surface area (Å²) in [6.07, 6.45) is 6.41. The minimum absolute atomic E-state index is 1.18. The second-order valence-electron chi connectivity index (χ2n) is 2.13. The van der Waals surface area contributed by atoms with Gasteiger partial charge in [0, 0.05) is 23.8 Å². The van der Waals surface area contributed by atoms with Crippen LogP contribution in [-0.2, 0) is 0 Å². The van der Waals surface area contributed by atoms with Gasteiger partial charge in [-0.1, -0.05) is 0 Å². The predicted molar refractivity (Wildman–Crippen MR) is 31.7 cm³/mol. The monoisotopic (exact) mass is 108 g/mol. The summed E-state index contributed by atoms with van der Waals surface area (Å²) in [5.74, 6) is 0. The lowest BCUT2D eigenvalue weighted by atomic mass is 10.1. The first-order chi connectivity index (χ1) is 3.95. The average molecular weight is 108 g/mol. The maximum Gasteiger partial charge on any atom is 0.0313 e. The zero-order chi connectivity index (χ0) is 5.40. The van der Waals surface area contributed by atoms with Gasteiger partial charge in [0.15, 0.2) is 0 Å². The Morgan fingerprint density at radius 3 is 1.62 bits per heavy atom. The fraction of sp³-hybridized carbons (Fsp3) is 0.333. The summed E-state index contributed by atoms with van der Waals surface area (Å²) in [4.78, 5) is 0. The zero-order valence-corrected chi connectivity index (χ0v) is 4.57. The van der Waals surface area contributed by atoms with Gasteiger partial charge in [-0.25, -0.2) is 0 Å². The summed E-state index contributed by atoms with van der Waals surface area (Å²) < 4.78 is 0. The molecule has 2 bridgehead atoms. The minimum atomic E-state index is 1.18. The molecule has 2 heteroatoms. The lowest BCUT2D eigenvalue weighted by Crippen LogP contribution is -2.25. The van der Waals surface area contributed by atoms with Crippen molar-refractivity contribution >= 4 is 0 Å². The molecule has 3 aliphatic heterocycles. The molecule has 0 radical (unpaired) electrons. The molecule has 3 heterocycles. The van der Waals surface area contributed by atoms with Crippen molar-refractivity contribution in [2.45, 2.75) is 12.8 Å². The summed E-state index contributed by atoms with van der Waals surface area (Å²) in [5.41, 5.74) is 2.61. The van der Waals surface area contributed by atoms with Crippen LogP contribution in [0.5, 0.6) is 0 Å². The van der Waals surface area contributed by atoms with E-state index in [0.717, 1.165) is 0 Å². The molecule has 2 N–H and O–H groups in total. The summed E-state index contributed by atoms with van der Waals surface area (Å²) >= 11 is 0. The Hall–Kier alpha value is -0.920. The van der Waals surface area contributed by atoms with Gasteiger partial charge in [-0.2, -0.15) is 0 Å². The summed E-state index contributed by atoms with van der Waals surface area (Å²) in [7, 11) is 0. The van der Waals surface area contributed by atoms with Crippen LogP contribution in [0.15, 0.2) is 23.8 Å². The van der Waals surface area contributed by atoms with E-state index in [9.17, 15) is 0 Å². The first-order valence-electron chi connectivity index (χ1n) is 2.86. The number of nitrogens with one attached hydrogen (secondary N) is 2. The molecule has 0 aromatic carbocycles. The van der Waals surface area contributed by atoms with E-state index in [2.05, 4.69) is 10.6 Å². The molecular formula is C6H8N2. The van der Waals surface area contributed by atoms with Gasteiger partial charge in [0.1, 0.15) is 0 Å². The third kappa shape index (κ3) is 0.427. The van der Waals surface area contributed by atoms with Crippen molar-refractivity contribution in [2.75, 3.05) is 0 Å². The lowest BCUT2D eigenvalue weighted by molar-refractivity contribution is 0.698. The van der Waals surface area contributed by atoms with E-state index in [1.807, 2.05) is 12.4 Å². The molecule has 8 heavy (non-hydrogen) atoms. The molecule has 0 saturated carbocycles. The van der Waals surface area contributed by atoms with E-state index >= 15 is 0 Å². The normalized spacial score (nSPS) is 23.0. The Kier molecular flexibility index (Phi) is 0.640. The zero-order valence-electron chi connectivity index (χ0n) is 4.57. The largest absolute Gasteiger partial charge is 0.362 e. The first-order valence-corrected chi connectivity index (χ1v) is 2.86. The Labute approximate surface area is 48.3 Å². The molecule has 0 amide bonds. The van der Waals surface area contributed by atoms with E-state index in [4.69, 9.17) is 0 Å². The Morgan fingerprint density at radius 2 is 1.50 bits per heavy atom. The third-order valence-electron chi connectivity index (χ3n) is 1.53. The fourth-order valence-electron chi connectivity index (χ4n) is 1.00. The third-order valence-corrected chi connectivity index (χ3v) is 1.53. The SMILES string of the molecule is C1=C2CCC(=CN2)N1. The van der Waals surface area contributed by atoms with Gasteiger partial charge in [-0.15, -0.1) is 0 Å². The van der Waals surface area contributed by atoms with Crippen LogP contribution < -0.4 is 10.6 Å². The van der Waals surface area contributed by atoms with E-state index in [1.165, 1.54) is 24.2 Å². The average Bonchev–Trinajstić information content (AvgIpc) is 1.92. The van der Waals surface area contributed by atoms with E-state index in [-0.39, 0.29) is 0 Å². The van der Waals surface area contributed by atoms with Gasteiger partial charge in [0.05, 0.1) is 0 Å². The molecule has 42 valence electrons. The number of rotatable bonds is 0. The minimum Gasteiger partial charge on any atom is -0.362 e. The highest BCUT2D eigenvalue weighted by Crippen LogP contribution is 2.16. The second kappa shape index (κ2) is 1.28. The second-order valence-corrected chi connectivity index (χ2v) is 2.13. The van der Waals surface area contributed by atoms with Crippen molar-refractivity contribution in [3.63, 3.8) is 0 Å². The van der Waals surface area contributed by atoms with Gasteiger partial charge in [0.2, 0.25) is 0 Å². The van der Waals surface area contributed by atoms with Gasteiger partial charge in [-0.05, 0) is 12.8 Å². The molecule has 0 atom stereocenters. The van der Waals surface area contributed by atoms with Crippen molar-refractivity contribution in [3.8, 4) is 0 Å². The molecule has 0 aromatic heterocycles. The van der Waals surface area contributed by atoms with Crippen molar-refractivity contribution in [1.82, 2.24) is 10.6 Å². The molecule has 0 saturated heterocycles. The van der Waals surface area contributed by atoms with Crippen molar-refractivity contribution in [2.24, 2.45) is 0 Å². The van der Waals surface area contributed by atoms with Gasteiger partial charge < -0.3 is 10.6 Å². The van der Waals surface area contributed by atoms with Crippen LogP contribution in [-0.4, -0.2) is 0 Å². The number of hydrogen-bond acceptors (Lipinski definition) is 2. The molecule has 0 unspecified atom stereocenters. The predicted octanol–water partition coefficient (Wildman–Crippen LogP) is 0.656. The summed E-state index contributed by atoms with van der Waals surface area (Å²) in [5, 5.41) is 6.31. The number of fused-ring (bicyclic) bond motifs is 3. The van der Waals surface area contributed by atoms with Crippen LogP contribution >= 0.6 is 0 Å². The van der Waals surface area contributed by atoms with Crippen molar-refractivity contribution in [3.05, 3.63) is 23.8 Å². The Bertz CT molecular complexity index is 147. The van der Waals surface area contributed by atoms with Crippen LogP contribution in [0.3, 0.4) is 0 Å². The molecule has 3 rings (SSSR count). The van der Waals surface area contributed by atoms with E-state index < -0.39 is 0 Å². The van der Waals surface area contributed by atoms with Crippen LogP contribution in [0.1, 0.15) is 12.8 Å². The lowest BCUT2D eigenvalue weighted by Gasteiger charge is -2.23. The quantitative estimate of drug-likeness (QED) is 0.476.